The summed E-state index contributed by atoms with van der Waals surface area (Å²) in [7, 11) is 4.32. The van der Waals surface area contributed by atoms with Crippen LogP contribution in [0, 0.1) is 12.8 Å². The number of Topliss-reactive ketones (excluding diaryl/α,β-unsaturated/α-hetero) is 1. The van der Waals surface area contributed by atoms with Gasteiger partial charge in [0.25, 0.3) is 11.7 Å². The summed E-state index contributed by atoms with van der Waals surface area (Å²) in [5.74, 6) is 1.10. The standard InChI is InChI=1S/C33H40N2O4S/c1-19-15-20(2)26(27(36)16-19)17-35-13-11-25-28(32(35)37)21(3)30-31(29(25)22-12-14-40-18-22)39-33(4,38-30)23-7-9-24(10-8-23)34(5)6/h12,14-15,18,23-24H,7-11,13,16-17H2,1-6H3/t23?,24?,33-/m1/s1. The van der Waals surface area contributed by atoms with Gasteiger partial charge in [0.05, 0.1) is 5.56 Å². The molecule has 0 radical (unpaired) electrons. The van der Waals surface area contributed by atoms with Gasteiger partial charge >= 0.3 is 0 Å². The minimum atomic E-state index is -0.761. The van der Waals surface area contributed by atoms with Crippen LogP contribution in [0.5, 0.6) is 11.5 Å². The smallest absolute Gasteiger partial charge is 0.254 e. The maximum atomic E-state index is 14.2. The quantitative estimate of drug-likeness (QED) is 0.414. The van der Waals surface area contributed by atoms with Crippen LogP contribution in [0.15, 0.2) is 39.6 Å². The van der Waals surface area contributed by atoms with Gasteiger partial charge in [0.2, 0.25) is 0 Å². The van der Waals surface area contributed by atoms with E-state index >= 15 is 0 Å². The monoisotopic (exact) mass is 560 g/mol. The average molecular weight is 561 g/mol. The second-order valence-electron chi connectivity index (χ2n) is 12.4. The fraction of sp³-hybridized carbons (Fsp3) is 0.515. The van der Waals surface area contributed by atoms with Crippen molar-refractivity contribution in [1.82, 2.24) is 9.80 Å². The number of allylic oxidation sites excluding steroid dienone is 3. The Kier molecular flexibility index (Phi) is 6.94. The summed E-state index contributed by atoms with van der Waals surface area (Å²) in [6, 6.07) is 2.70. The number of carbonyl (C=O) groups is 2. The lowest BCUT2D eigenvalue weighted by Crippen LogP contribution is -2.46. The molecule has 2 aliphatic carbocycles. The highest BCUT2D eigenvalue weighted by Gasteiger charge is 2.49. The zero-order valence-corrected chi connectivity index (χ0v) is 25.4. The van der Waals surface area contributed by atoms with Crippen molar-refractivity contribution in [2.75, 3.05) is 27.2 Å². The summed E-state index contributed by atoms with van der Waals surface area (Å²) in [5, 5.41) is 4.20. The molecule has 1 atom stereocenters. The molecule has 6 nitrogen and oxygen atoms in total. The molecule has 1 aromatic carbocycles. The van der Waals surface area contributed by atoms with Crippen LogP contribution in [0.1, 0.15) is 74.4 Å². The van der Waals surface area contributed by atoms with E-state index in [1.807, 2.05) is 25.7 Å². The second-order valence-corrected chi connectivity index (χ2v) is 13.2. The van der Waals surface area contributed by atoms with Gasteiger partial charge in [-0.2, -0.15) is 11.3 Å². The molecule has 0 unspecified atom stereocenters. The first-order chi connectivity index (χ1) is 19.1. The van der Waals surface area contributed by atoms with Gasteiger partial charge in [-0.25, -0.2) is 0 Å². The normalized spacial score (nSPS) is 26.5. The number of ether oxygens (including phenoxy) is 2. The van der Waals surface area contributed by atoms with Gasteiger partial charge in [-0.05, 0) is 100 Å². The minimum absolute atomic E-state index is 0.0268. The van der Waals surface area contributed by atoms with E-state index in [1.165, 1.54) is 0 Å². The molecular weight excluding hydrogens is 520 g/mol. The molecule has 0 spiro atoms. The third-order valence-corrected chi connectivity index (χ3v) is 10.2. The van der Waals surface area contributed by atoms with Crippen LogP contribution in [0.2, 0.25) is 0 Å². The van der Waals surface area contributed by atoms with Gasteiger partial charge in [0, 0.05) is 55.1 Å². The van der Waals surface area contributed by atoms with Crippen molar-refractivity contribution < 1.29 is 19.1 Å². The van der Waals surface area contributed by atoms with Crippen LogP contribution in [0.25, 0.3) is 11.1 Å². The number of nitrogens with zero attached hydrogens (tertiary/aromatic N) is 2. The Bertz CT molecular complexity index is 1430. The predicted molar refractivity (Wildman–Crippen MR) is 159 cm³/mol. The van der Waals surface area contributed by atoms with Gasteiger partial charge in [0.15, 0.2) is 17.3 Å². The molecule has 2 aromatic rings. The number of amides is 1. The molecule has 7 heteroatoms. The van der Waals surface area contributed by atoms with E-state index in [2.05, 4.69) is 48.8 Å². The van der Waals surface area contributed by atoms with Crippen LogP contribution in [-0.4, -0.2) is 60.5 Å². The summed E-state index contributed by atoms with van der Waals surface area (Å²) in [5.41, 5.74) is 7.46. The molecule has 0 saturated heterocycles. The van der Waals surface area contributed by atoms with Crippen LogP contribution < -0.4 is 9.47 Å². The van der Waals surface area contributed by atoms with Gasteiger partial charge in [-0.15, -0.1) is 0 Å². The fourth-order valence-corrected chi connectivity index (χ4v) is 7.86. The van der Waals surface area contributed by atoms with E-state index in [-0.39, 0.29) is 17.6 Å². The topological polar surface area (TPSA) is 59.1 Å². The second kappa shape index (κ2) is 10.2. The number of ketones is 1. The first-order valence-electron chi connectivity index (χ1n) is 14.5. The van der Waals surface area contributed by atoms with Crippen molar-refractivity contribution in [3.05, 3.63) is 56.3 Å². The molecule has 1 amide bonds. The van der Waals surface area contributed by atoms with Crippen LogP contribution in [0.4, 0.5) is 0 Å². The largest absolute Gasteiger partial charge is 0.448 e. The number of carbonyl (C=O) groups excluding carboxylic acids is 2. The number of hydrogen-bond donors (Lipinski definition) is 0. The molecule has 1 aromatic heterocycles. The van der Waals surface area contributed by atoms with Gasteiger partial charge in [-0.3, -0.25) is 9.59 Å². The molecular formula is C33H40N2O4S. The van der Waals surface area contributed by atoms with Crippen molar-refractivity contribution in [1.29, 1.82) is 0 Å². The maximum absolute atomic E-state index is 14.2. The lowest BCUT2D eigenvalue weighted by Gasteiger charge is -2.39. The molecule has 1 fully saturated rings. The fourth-order valence-electron chi connectivity index (χ4n) is 7.22. The van der Waals surface area contributed by atoms with E-state index in [4.69, 9.17) is 9.47 Å². The Morgan fingerprint density at radius 2 is 1.77 bits per heavy atom. The van der Waals surface area contributed by atoms with Gasteiger partial charge < -0.3 is 19.3 Å². The van der Waals surface area contributed by atoms with E-state index in [0.717, 1.165) is 70.4 Å². The molecule has 40 heavy (non-hydrogen) atoms. The zero-order chi connectivity index (χ0) is 28.3. The van der Waals surface area contributed by atoms with Crippen molar-refractivity contribution in [3.8, 4) is 22.6 Å². The van der Waals surface area contributed by atoms with Gasteiger partial charge in [-0.1, -0.05) is 11.6 Å². The average Bonchev–Trinajstić information content (AvgIpc) is 3.56. The SMILES string of the molecule is CC1=CC(C)=C(CN2CCc3c(c(C)c4c(c3-c3ccsc3)O[C@](C)(C3CCC(N(C)C)CC3)O4)C2=O)C(=O)C1. The zero-order valence-electron chi connectivity index (χ0n) is 24.6. The number of fused-ring (bicyclic) bond motifs is 2. The molecule has 0 bridgehead atoms. The maximum Gasteiger partial charge on any atom is 0.254 e. The third-order valence-electron chi connectivity index (χ3n) is 9.54. The first kappa shape index (κ1) is 27.3. The minimum Gasteiger partial charge on any atom is -0.448 e. The third kappa shape index (κ3) is 4.51. The summed E-state index contributed by atoms with van der Waals surface area (Å²) in [6.07, 6.45) is 7.55. The molecule has 4 aliphatic rings. The molecule has 2 aliphatic heterocycles. The van der Waals surface area contributed by atoms with Crippen molar-refractivity contribution >= 4 is 23.0 Å². The Hall–Kier alpha value is -2.90. The summed E-state index contributed by atoms with van der Waals surface area (Å²) in [6.45, 7) is 8.96. The highest BCUT2D eigenvalue weighted by Crippen LogP contribution is 2.55. The predicted octanol–water partition coefficient (Wildman–Crippen LogP) is 6.57. The Morgan fingerprint density at radius 3 is 2.42 bits per heavy atom. The Morgan fingerprint density at radius 1 is 1.05 bits per heavy atom. The van der Waals surface area contributed by atoms with Crippen LogP contribution >= 0.6 is 11.3 Å². The van der Waals surface area contributed by atoms with Crippen LogP contribution in [-0.2, 0) is 11.2 Å². The summed E-state index contributed by atoms with van der Waals surface area (Å²) >= 11 is 1.65. The van der Waals surface area contributed by atoms with E-state index in [1.54, 1.807) is 11.3 Å². The highest BCUT2D eigenvalue weighted by molar-refractivity contribution is 7.08. The Labute approximate surface area is 241 Å². The van der Waals surface area contributed by atoms with E-state index < -0.39 is 5.79 Å². The molecule has 1 saturated carbocycles. The lowest BCUT2D eigenvalue weighted by molar-refractivity contribution is -0.123. The number of rotatable bonds is 5. The number of hydrogen-bond acceptors (Lipinski definition) is 6. The summed E-state index contributed by atoms with van der Waals surface area (Å²) < 4.78 is 13.6. The molecule has 212 valence electrons. The molecule has 3 heterocycles. The lowest BCUT2D eigenvalue weighted by atomic mass is 9.81. The van der Waals surface area contributed by atoms with Crippen molar-refractivity contribution in [2.24, 2.45) is 5.92 Å². The van der Waals surface area contributed by atoms with E-state index in [0.29, 0.717) is 43.3 Å². The Balaban J connectivity index is 1.37. The van der Waals surface area contributed by atoms with Crippen molar-refractivity contribution in [3.63, 3.8) is 0 Å². The number of thiophene rings is 1. The van der Waals surface area contributed by atoms with Gasteiger partial charge in [0.1, 0.15) is 0 Å². The van der Waals surface area contributed by atoms with E-state index in [9.17, 15) is 9.59 Å². The molecule has 0 N–H and O–H groups in total. The molecule has 6 rings (SSSR count). The highest BCUT2D eigenvalue weighted by atomic mass is 32.1. The summed E-state index contributed by atoms with van der Waals surface area (Å²) in [4.78, 5) is 31.2. The first-order valence-corrected chi connectivity index (χ1v) is 15.5. The van der Waals surface area contributed by atoms with Crippen LogP contribution in [0.3, 0.4) is 0 Å². The van der Waals surface area contributed by atoms with Crippen molar-refractivity contribution in [2.45, 2.75) is 78.0 Å². The number of benzene rings is 1.